The molecule has 1 fully saturated rings. The van der Waals surface area contributed by atoms with Crippen molar-refractivity contribution in [2.24, 2.45) is 0 Å². The molecule has 1 aliphatic rings. The van der Waals surface area contributed by atoms with E-state index in [9.17, 15) is 14.9 Å². The van der Waals surface area contributed by atoms with Crippen molar-refractivity contribution in [3.63, 3.8) is 0 Å². The number of hydrogen-bond donors (Lipinski definition) is 1. The Morgan fingerprint density at radius 3 is 2.68 bits per heavy atom. The smallest absolute Gasteiger partial charge is 0.314 e. The average molecular weight is 308 g/mol. The van der Waals surface area contributed by atoms with E-state index in [1.165, 1.54) is 19.2 Å². The largest absolute Gasteiger partial charge is 0.496 e. The molecule has 0 bridgehead atoms. The number of benzene rings is 1. The Labute approximate surface area is 128 Å². The van der Waals surface area contributed by atoms with Gasteiger partial charge in [-0.15, -0.1) is 0 Å². The number of carbonyl (C=O) groups excluding carboxylic acids is 1. The number of methoxy groups -OCH3 is 1. The monoisotopic (exact) mass is 308 g/mol. The van der Waals surface area contributed by atoms with Crippen LogP contribution in [0.15, 0.2) is 18.2 Å². The van der Waals surface area contributed by atoms with Crippen LogP contribution in [0.5, 0.6) is 11.5 Å². The van der Waals surface area contributed by atoms with Crippen molar-refractivity contribution in [3.05, 3.63) is 28.3 Å². The van der Waals surface area contributed by atoms with Crippen LogP contribution < -0.4 is 14.8 Å². The van der Waals surface area contributed by atoms with Crippen LogP contribution in [0.4, 0.5) is 5.69 Å². The lowest BCUT2D eigenvalue weighted by Gasteiger charge is -2.18. The molecule has 0 heterocycles. The molecule has 1 aromatic rings. The maximum absolute atomic E-state index is 12.1. The Balaban J connectivity index is 2.05. The van der Waals surface area contributed by atoms with Crippen molar-refractivity contribution in [3.8, 4) is 11.5 Å². The SMILES string of the molecule is COc1ccc(OC(C)C(=O)NC2CCCC2)c([N+](=O)[O-])c1. The summed E-state index contributed by atoms with van der Waals surface area (Å²) in [6.07, 6.45) is 3.38. The fourth-order valence-corrected chi connectivity index (χ4v) is 2.50. The summed E-state index contributed by atoms with van der Waals surface area (Å²) in [6.45, 7) is 1.58. The summed E-state index contributed by atoms with van der Waals surface area (Å²) in [5.74, 6) is 0.166. The lowest BCUT2D eigenvalue weighted by Crippen LogP contribution is -2.41. The van der Waals surface area contributed by atoms with E-state index in [1.807, 2.05) is 0 Å². The number of rotatable bonds is 6. The highest BCUT2D eigenvalue weighted by Gasteiger charge is 2.24. The van der Waals surface area contributed by atoms with Gasteiger partial charge in [0.2, 0.25) is 0 Å². The molecular formula is C15H20N2O5. The van der Waals surface area contributed by atoms with Crippen molar-refractivity contribution in [1.82, 2.24) is 5.32 Å². The molecule has 7 heteroatoms. The van der Waals surface area contributed by atoms with E-state index in [-0.39, 0.29) is 23.4 Å². The second-order valence-corrected chi connectivity index (χ2v) is 5.34. The van der Waals surface area contributed by atoms with Crippen molar-refractivity contribution in [2.45, 2.75) is 44.8 Å². The number of ether oxygens (including phenoxy) is 2. The van der Waals surface area contributed by atoms with Crippen LogP contribution >= 0.6 is 0 Å². The Hall–Kier alpha value is -2.31. The lowest BCUT2D eigenvalue weighted by molar-refractivity contribution is -0.386. The van der Waals surface area contributed by atoms with Gasteiger partial charge in [-0.25, -0.2) is 0 Å². The molecule has 1 atom stereocenters. The Bertz CT molecular complexity index is 555. The second kappa shape index (κ2) is 7.11. The quantitative estimate of drug-likeness (QED) is 0.644. The number of carbonyl (C=O) groups is 1. The molecule has 1 saturated carbocycles. The molecule has 0 aliphatic heterocycles. The van der Waals surface area contributed by atoms with E-state index in [1.54, 1.807) is 13.0 Å². The van der Waals surface area contributed by atoms with Crippen molar-refractivity contribution in [2.75, 3.05) is 7.11 Å². The van der Waals surface area contributed by atoms with E-state index in [2.05, 4.69) is 5.32 Å². The van der Waals surface area contributed by atoms with Gasteiger partial charge in [0.25, 0.3) is 5.91 Å². The van der Waals surface area contributed by atoms with E-state index < -0.39 is 11.0 Å². The first-order chi connectivity index (χ1) is 10.5. The minimum absolute atomic E-state index is 0.0554. The van der Waals surface area contributed by atoms with Crippen molar-refractivity contribution < 1.29 is 19.2 Å². The zero-order valence-electron chi connectivity index (χ0n) is 12.7. The van der Waals surface area contributed by atoms with Gasteiger partial charge < -0.3 is 14.8 Å². The lowest BCUT2D eigenvalue weighted by atomic mass is 10.2. The number of nitro groups is 1. The third-order valence-electron chi connectivity index (χ3n) is 3.74. The molecule has 1 amide bonds. The molecule has 2 rings (SSSR count). The molecule has 0 aromatic heterocycles. The van der Waals surface area contributed by atoms with Crippen LogP contribution in [0.1, 0.15) is 32.6 Å². The Morgan fingerprint density at radius 2 is 2.09 bits per heavy atom. The highest BCUT2D eigenvalue weighted by molar-refractivity contribution is 5.81. The average Bonchev–Trinajstić information content (AvgIpc) is 3.00. The summed E-state index contributed by atoms with van der Waals surface area (Å²) in [7, 11) is 1.43. The predicted molar refractivity (Wildman–Crippen MR) is 80.1 cm³/mol. The van der Waals surface area contributed by atoms with Crippen molar-refractivity contribution >= 4 is 11.6 Å². The highest BCUT2D eigenvalue weighted by Crippen LogP contribution is 2.31. The van der Waals surface area contributed by atoms with E-state index >= 15 is 0 Å². The minimum atomic E-state index is -0.798. The van der Waals surface area contributed by atoms with Gasteiger partial charge in [-0.1, -0.05) is 12.8 Å². The summed E-state index contributed by atoms with van der Waals surface area (Å²) in [5, 5.41) is 14.0. The highest BCUT2D eigenvalue weighted by atomic mass is 16.6. The van der Waals surface area contributed by atoms with Crippen LogP contribution in [0.2, 0.25) is 0 Å². The standard InChI is InChI=1S/C15H20N2O5/c1-10(15(18)16-11-5-3-4-6-11)22-14-8-7-12(21-2)9-13(14)17(19)20/h7-11H,3-6H2,1-2H3,(H,16,18). The zero-order chi connectivity index (χ0) is 16.1. The number of amides is 1. The summed E-state index contributed by atoms with van der Waals surface area (Å²) in [4.78, 5) is 22.6. The molecular weight excluding hydrogens is 288 g/mol. The molecule has 1 unspecified atom stereocenters. The van der Waals surface area contributed by atoms with E-state index in [0.717, 1.165) is 25.7 Å². The van der Waals surface area contributed by atoms with Crippen LogP contribution in [0, 0.1) is 10.1 Å². The first kappa shape index (κ1) is 16.1. The fraction of sp³-hybridized carbons (Fsp3) is 0.533. The third-order valence-corrected chi connectivity index (χ3v) is 3.74. The number of nitrogens with one attached hydrogen (secondary N) is 1. The molecule has 0 saturated heterocycles. The maximum atomic E-state index is 12.1. The molecule has 0 spiro atoms. The molecule has 1 aromatic carbocycles. The van der Waals surface area contributed by atoms with Gasteiger partial charge in [0.05, 0.1) is 18.1 Å². The van der Waals surface area contributed by atoms with Crippen LogP contribution in [0.25, 0.3) is 0 Å². The Morgan fingerprint density at radius 1 is 1.41 bits per heavy atom. The van der Waals surface area contributed by atoms with Gasteiger partial charge in [-0.05, 0) is 31.9 Å². The first-order valence-corrected chi connectivity index (χ1v) is 7.30. The predicted octanol–water partition coefficient (Wildman–Crippen LogP) is 2.43. The summed E-state index contributed by atoms with van der Waals surface area (Å²) >= 11 is 0. The Kier molecular flexibility index (Phi) is 5.19. The molecule has 22 heavy (non-hydrogen) atoms. The van der Waals surface area contributed by atoms with Crippen LogP contribution in [-0.4, -0.2) is 30.1 Å². The molecule has 0 radical (unpaired) electrons. The van der Waals surface area contributed by atoms with Crippen LogP contribution in [-0.2, 0) is 4.79 Å². The summed E-state index contributed by atoms with van der Waals surface area (Å²) in [6, 6.07) is 4.46. The first-order valence-electron chi connectivity index (χ1n) is 7.30. The number of hydrogen-bond acceptors (Lipinski definition) is 5. The fourth-order valence-electron chi connectivity index (χ4n) is 2.50. The van der Waals surface area contributed by atoms with Gasteiger partial charge in [0.15, 0.2) is 11.9 Å². The van der Waals surface area contributed by atoms with Gasteiger partial charge in [-0.3, -0.25) is 14.9 Å². The van der Waals surface area contributed by atoms with Gasteiger partial charge >= 0.3 is 5.69 Å². The maximum Gasteiger partial charge on any atom is 0.314 e. The second-order valence-electron chi connectivity index (χ2n) is 5.34. The van der Waals surface area contributed by atoms with E-state index in [4.69, 9.17) is 9.47 Å². The number of nitrogens with zero attached hydrogens (tertiary/aromatic N) is 1. The van der Waals surface area contributed by atoms with Gasteiger partial charge in [0.1, 0.15) is 5.75 Å². The molecule has 7 nitrogen and oxygen atoms in total. The minimum Gasteiger partial charge on any atom is -0.496 e. The molecule has 1 aliphatic carbocycles. The van der Waals surface area contributed by atoms with Gasteiger partial charge in [-0.2, -0.15) is 0 Å². The third kappa shape index (κ3) is 3.87. The molecule has 120 valence electrons. The topological polar surface area (TPSA) is 90.7 Å². The normalized spacial score (nSPS) is 16.1. The van der Waals surface area contributed by atoms with Gasteiger partial charge in [0, 0.05) is 6.04 Å². The van der Waals surface area contributed by atoms with E-state index in [0.29, 0.717) is 5.75 Å². The van der Waals surface area contributed by atoms with Crippen molar-refractivity contribution in [1.29, 1.82) is 0 Å². The van der Waals surface area contributed by atoms with Crippen LogP contribution in [0.3, 0.4) is 0 Å². The number of nitro benzene ring substituents is 1. The summed E-state index contributed by atoms with van der Waals surface area (Å²) < 4.78 is 10.4. The molecule has 1 N–H and O–H groups in total. The zero-order valence-corrected chi connectivity index (χ0v) is 12.7. The summed E-state index contributed by atoms with van der Waals surface area (Å²) in [5.41, 5.74) is -0.222.